The van der Waals surface area contributed by atoms with Gasteiger partial charge >= 0.3 is 0 Å². The van der Waals surface area contributed by atoms with E-state index in [-0.39, 0.29) is 6.04 Å². The summed E-state index contributed by atoms with van der Waals surface area (Å²) in [5.41, 5.74) is 1.20. The standard InChI is InChI=1S/C16H18F2N2O/c1-3-21-13-7-12(9-20-10-13)15(19-2)8-11-5-4-6-14(17)16(11)18/h4-7,9-10,15,19H,3,8H2,1-2H3. The summed E-state index contributed by atoms with van der Waals surface area (Å²) in [5.74, 6) is -0.967. The summed E-state index contributed by atoms with van der Waals surface area (Å²) in [5, 5.41) is 3.10. The highest BCUT2D eigenvalue weighted by molar-refractivity contribution is 5.28. The molecule has 0 saturated heterocycles. The van der Waals surface area contributed by atoms with Gasteiger partial charge in [-0.25, -0.2) is 8.78 Å². The van der Waals surface area contributed by atoms with Gasteiger partial charge in [-0.3, -0.25) is 4.98 Å². The molecule has 2 rings (SSSR count). The second-order valence-electron chi connectivity index (χ2n) is 4.65. The third-order valence-electron chi connectivity index (χ3n) is 3.25. The Hall–Kier alpha value is -2.01. The highest BCUT2D eigenvalue weighted by Gasteiger charge is 2.15. The molecule has 1 atom stereocenters. The van der Waals surface area contributed by atoms with Crippen LogP contribution in [0.2, 0.25) is 0 Å². The van der Waals surface area contributed by atoms with Gasteiger partial charge in [0, 0.05) is 12.2 Å². The highest BCUT2D eigenvalue weighted by Crippen LogP contribution is 2.23. The molecule has 0 aliphatic carbocycles. The number of hydrogen-bond donors (Lipinski definition) is 1. The fraction of sp³-hybridized carbons (Fsp3) is 0.312. The Bertz CT molecular complexity index is 605. The van der Waals surface area contributed by atoms with Gasteiger partial charge in [0.15, 0.2) is 11.6 Å². The SMILES string of the molecule is CCOc1cncc(C(Cc2cccc(F)c2F)NC)c1. The van der Waals surface area contributed by atoms with Gasteiger partial charge < -0.3 is 10.1 Å². The summed E-state index contributed by atoms with van der Waals surface area (Å²) in [6, 6.07) is 5.89. The van der Waals surface area contributed by atoms with Crippen molar-refractivity contribution in [3.63, 3.8) is 0 Å². The molecule has 0 bridgehead atoms. The summed E-state index contributed by atoms with van der Waals surface area (Å²) in [4.78, 5) is 4.12. The minimum Gasteiger partial charge on any atom is -0.492 e. The van der Waals surface area contributed by atoms with Gasteiger partial charge in [0.1, 0.15) is 5.75 Å². The van der Waals surface area contributed by atoms with Gasteiger partial charge in [0.05, 0.1) is 12.8 Å². The maximum absolute atomic E-state index is 13.8. The van der Waals surface area contributed by atoms with E-state index in [1.54, 1.807) is 25.5 Å². The third kappa shape index (κ3) is 3.76. The Morgan fingerprint density at radius 2 is 2.10 bits per heavy atom. The van der Waals surface area contributed by atoms with Crippen LogP contribution in [-0.4, -0.2) is 18.6 Å². The average molecular weight is 292 g/mol. The van der Waals surface area contributed by atoms with Gasteiger partial charge in [-0.15, -0.1) is 0 Å². The lowest BCUT2D eigenvalue weighted by atomic mass is 9.99. The lowest BCUT2D eigenvalue weighted by Gasteiger charge is -2.17. The van der Waals surface area contributed by atoms with Crippen molar-refractivity contribution < 1.29 is 13.5 Å². The molecule has 2 aromatic rings. The fourth-order valence-corrected chi connectivity index (χ4v) is 2.18. The number of likely N-dealkylation sites (N-methyl/N-ethyl adjacent to an activating group) is 1. The number of nitrogens with zero attached hydrogens (tertiary/aromatic N) is 1. The first-order chi connectivity index (χ1) is 10.2. The molecule has 0 aliphatic heterocycles. The van der Waals surface area contributed by atoms with Crippen LogP contribution >= 0.6 is 0 Å². The van der Waals surface area contributed by atoms with Crippen LogP contribution in [0.15, 0.2) is 36.7 Å². The zero-order chi connectivity index (χ0) is 15.2. The van der Waals surface area contributed by atoms with Crippen LogP contribution in [-0.2, 0) is 6.42 Å². The molecular formula is C16H18F2N2O. The van der Waals surface area contributed by atoms with Gasteiger partial charge in [-0.1, -0.05) is 12.1 Å². The molecule has 1 aromatic heterocycles. The molecule has 5 heteroatoms. The van der Waals surface area contributed by atoms with Gasteiger partial charge in [-0.05, 0) is 43.7 Å². The van der Waals surface area contributed by atoms with E-state index in [2.05, 4.69) is 10.3 Å². The van der Waals surface area contributed by atoms with E-state index in [4.69, 9.17) is 4.74 Å². The summed E-state index contributed by atoms with van der Waals surface area (Å²) < 4.78 is 32.5. The molecular weight excluding hydrogens is 274 g/mol. The van der Waals surface area contributed by atoms with Crippen molar-refractivity contribution in [2.45, 2.75) is 19.4 Å². The number of halogens is 2. The molecule has 21 heavy (non-hydrogen) atoms. The topological polar surface area (TPSA) is 34.1 Å². The zero-order valence-corrected chi connectivity index (χ0v) is 12.1. The minimum atomic E-state index is -0.830. The van der Waals surface area contributed by atoms with Crippen molar-refractivity contribution in [2.75, 3.05) is 13.7 Å². The molecule has 0 fully saturated rings. The van der Waals surface area contributed by atoms with Crippen molar-refractivity contribution in [1.82, 2.24) is 10.3 Å². The van der Waals surface area contributed by atoms with E-state index in [9.17, 15) is 8.78 Å². The third-order valence-corrected chi connectivity index (χ3v) is 3.25. The number of pyridine rings is 1. The zero-order valence-electron chi connectivity index (χ0n) is 12.1. The molecule has 0 spiro atoms. The molecule has 0 aliphatic rings. The maximum atomic E-state index is 13.8. The minimum absolute atomic E-state index is 0.172. The van der Waals surface area contributed by atoms with Gasteiger partial charge in [-0.2, -0.15) is 0 Å². The lowest BCUT2D eigenvalue weighted by molar-refractivity contribution is 0.338. The van der Waals surface area contributed by atoms with Crippen LogP contribution in [0.4, 0.5) is 8.78 Å². The molecule has 112 valence electrons. The van der Waals surface area contributed by atoms with Crippen molar-refractivity contribution in [1.29, 1.82) is 0 Å². The predicted molar refractivity (Wildman–Crippen MR) is 77.3 cm³/mol. The summed E-state index contributed by atoms with van der Waals surface area (Å²) in [6.45, 7) is 2.44. The summed E-state index contributed by atoms with van der Waals surface area (Å²) in [6.07, 6.45) is 3.65. The summed E-state index contributed by atoms with van der Waals surface area (Å²) in [7, 11) is 1.77. The van der Waals surface area contributed by atoms with Crippen molar-refractivity contribution in [3.05, 3.63) is 59.4 Å². The van der Waals surface area contributed by atoms with Crippen LogP contribution in [0.25, 0.3) is 0 Å². The Balaban J connectivity index is 2.23. The molecule has 1 heterocycles. The number of benzene rings is 1. The molecule has 1 aromatic carbocycles. The first kappa shape index (κ1) is 15.4. The van der Waals surface area contributed by atoms with E-state index in [1.165, 1.54) is 6.07 Å². The van der Waals surface area contributed by atoms with Gasteiger partial charge in [0.25, 0.3) is 0 Å². The smallest absolute Gasteiger partial charge is 0.162 e. The van der Waals surface area contributed by atoms with E-state index in [0.29, 0.717) is 24.3 Å². The van der Waals surface area contributed by atoms with E-state index >= 15 is 0 Å². The molecule has 0 saturated carbocycles. The number of rotatable bonds is 6. The molecule has 1 N–H and O–H groups in total. The van der Waals surface area contributed by atoms with Crippen LogP contribution in [0.3, 0.4) is 0 Å². The van der Waals surface area contributed by atoms with Crippen molar-refractivity contribution in [2.24, 2.45) is 0 Å². The number of aromatic nitrogens is 1. The number of ether oxygens (including phenoxy) is 1. The Morgan fingerprint density at radius 3 is 2.81 bits per heavy atom. The van der Waals surface area contributed by atoms with Crippen molar-refractivity contribution in [3.8, 4) is 5.75 Å². The first-order valence-corrected chi connectivity index (χ1v) is 6.83. The summed E-state index contributed by atoms with van der Waals surface area (Å²) >= 11 is 0. The molecule has 0 amide bonds. The maximum Gasteiger partial charge on any atom is 0.162 e. The monoisotopic (exact) mass is 292 g/mol. The molecule has 0 radical (unpaired) electrons. The highest BCUT2D eigenvalue weighted by atomic mass is 19.2. The van der Waals surface area contributed by atoms with Gasteiger partial charge in [0.2, 0.25) is 0 Å². The number of nitrogens with one attached hydrogen (secondary N) is 1. The van der Waals surface area contributed by atoms with Crippen molar-refractivity contribution >= 4 is 0 Å². The Labute approximate surface area is 123 Å². The fourth-order valence-electron chi connectivity index (χ4n) is 2.18. The van der Waals surface area contributed by atoms with Crippen LogP contribution < -0.4 is 10.1 Å². The van der Waals surface area contributed by atoms with Crippen LogP contribution in [0.1, 0.15) is 24.1 Å². The molecule has 1 unspecified atom stereocenters. The largest absolute Gasteiger partial charge is 0.492 e. The van der Waals surface area contributed by atoms with Crippen LogP contribution in [0, 0.1) is 11.6 Å². The lowest BCUT2D eigenvalue weighted by Crippen LogP contribution is -2.20. The second kappa shape index (κ2) is 7.13. The van der Waals surface area contributed by atoms with Crippen LogP contribution in [0.5, 0.6) is 5.75 Å². The molecule has 3 nitrogen and oxygen atoms in total. The first-order valence-electron chi connectivity index (χ1n) is 6.83. The van der Waals surface area contributed by atoms with E-state index < -0.39 is 11.6 Å². The Morgan fingerprint density at radius 1 is 1.29 bits per heavy atom. The predicted octanol–water partition coefficient (Wildman–Crippen LogP) is 3.26. The second-order valence-corrected chi connectivity index (χ2v) is 4.65. The normalized spacial score (nSPS) is 12.2. The quantitative estimate of drug-likeness (QED) is 0.887. The van der Waals surface area contributed by atoms with E-state index in [0.717, 1.165) is 11.6 Å². The Kier molecular flexibility index (Phi) is 5.22. The van der Waals surface area contributed by atoms with E-state index in [1.807, 2.05) is 13.0 Å². The average Bonchev–Trinajstić information content (AvgIpc) is 2.49. The number of hydrogen-bond acceptors (Lipinski definition) is 3.